The zero-order valence-corrected chi connectivity index (χ0v) is 15.1. The summed E-state index contributed by atoms with van der Waals surface area (Å²) in [4.78, 5) is 22.1. The van der Waals surface area contributed by atoms with E-state index in [1.165, 1.54) is 0 Å². The van der Waals surface area contributed by atoms with Gasteiger partial charge in [-0.3, -0.25) is 9.36 Å². The average molecular weight is 360 g/mol. The third-order valence-electron chi connectivity index (χ3n) is 5.52. The van der Waals surface area contributed by atoms with Gasteiger partial charge >= 0.3 is 0 Å². The topological polar surface area (TPSA) is 86.9 Å². The van der Waals surface area contributed by atoms with E-state index in [0.717, 1.165) is 53.2 Å². The van der Waals surface area contributed by atoms with E-state index in [-0.39, 0.29) is 11.6 Å². The van der Waals surface area contributed by atoms with Crippen LogP contribution in [0, 0.1) is 6.92 Å². The molecule has 0 aliphatic heterocycles. The van der Waals surface area contributed by atoms with Gasteiger partial charge < -0.3 is 10.2 Å². The molecule has 1 aromatic carbocycles. The lowest BCUT2D eigenvalue weighted by Crippen LogP contribution is -2.25. The summed E-state index contributed by atoms with van der Waals surface area (Å²) in [6, 6.07) is 9.53. The molecule has 6 nitrogen and oxygen atoms in total. The molecule has 1 aliphatic rings. The predicted octanol–water partition coefficient (Wildman–Crippen LogP) is 4.21. The van der Waals surface area contributed by atoms with E-state index in [9.17, 15) is 4.79 Å². The maximum atomic E-state index is 12.8. The minimum atomic E-state index is -0.0127. The van der Waals surface area contributed by atoms with Crippen LogP contribution in [0.5, 0.6) is 0 Å². The van der Waals surface area contributed by atoms with Crippen molar-refractivity contribution in [3.05, 3.63) is 52.5 Å². The second-order valence-corrected chi connectivity index (χ2v) is 7.28. The van der Waals surface area contributed by atoms with E-state index in [1.54, 1.807) is 12.3 Å². The van der Waals surface area contributed by atoms with Crippen LogP contribution in [-0.4, -0.2) is 14.5 Å². The Bertz CT molecular complexity index is 1230. The molecule has 4 aromatic rings. The Morgan fingerprint density at radius 2 is 1.96 bits per heavy atom. The van der Waals surface area contributed by atoms with E-state index in [2.05, 4.69) is 4.98 Å². The van der Waals surface area contributed by atoms with E-state index >= 15 is 0 Å². The SMILES string of the molecule is Cc1cc(=O)n(C2CCCC2)c2nc(-c3ccc4occc4c3)nc(N)c12. The number of aromatic nitrogens is 3. The van der Waals surface area contributed by atoms with E-state index in [1.807, 2.05) is 35.8 Å². The molecule has 2 N–H and O–H groups in total. The standard InChI is InChI=1S/C21H20N4O2/c1-12-10-17(26)25(15-4-2-3-5-15)21-18(12)19(22)23-20(24-21)14-6-7-16-13(11-14)8-9-27-16/h6-11,15H,2-5H2,1H3,(H2,22,23,24). The Morgan fingerprint density at radius 3 is 2.78 bits per heavy atom. The van der Waals surface area contributed by atoms with Crippen LogP contribution < -0.4 is 11.3 Å². The number of nitrogens with zero attached hydrogens (tertiary/aromatic N) is 3. The van der Waals surface area contributed by atoms with Gasteiger partial charge in [0.1, 0.15) is 17.0 Å². The molecular weight excluding hydrogens is 340 g/mol. The minimum Gasteiger partial charge on any atom is -0.464 e. The van der Waals surface area contributed by atoms with Crippen molar-refractivity contribution in [1.82, 2.24) is 14.5 Å². The Balaban J connectivity index is 1.79. The second-order valence-electron chi connectivity index (χ2n) is 7.28. The van der Waals surface area contributed by atoms with Crippen LogP contribution in [0.2, 0.25) is 0 Å². The highest BCUT2D eigenvalue weighted by Crippen LogP contribution is 2.33. The van der Waals surface area contributed by atoms with Gasteiger partial charge in [-0.25, -0.2) is 9.97 Å². The second kappa shape index (κ2) is 5.94. The monoisotopic (exact) mass is 360 g/mol. The molecule has 0 radical (unpaired) electrons. The van der Waals surface area contributed by atoms with Crippen LogP contribution in [0.4, 0.5) is 5.82 Å². The molecule has 0 amide bonds. The molecule has 3 aromatic heterocycles. The number of nitrogen functional groups attached to an aromatic ring is 1. The molecule has 5 rings (SSSR count). The lowest BCUT2D eigenvalue weighted by molar-refractivity contribution is 0.515. The molecule has 6 heteroatoms. The summed E-state index contributed by atoms with van der Waals surface area (Å²) in [5.41, 5.74) is 9.43. The number of furan rings is 1. The van der Waals surface area contributed by atoms with Crippen molar-refractivity contribution in [3.63, 3.8) is 0 Å². The lowest BCUT2D eigenvalue weighted by Gasteiger charge is -2.18. The van der Waals surface area contributed by atoms with Crippen LogP contribution in [-0.2, 0) is 0 Å². The molecule has 0 spiro atoms. The number of pyridine rings is 1. The number of rotatable bonds is 2. The fraction of sp³-hybridized carbons (Fsp3) is 0.286. The number of hydrogen-bond donors (Lipinski definition) is 1. The molecule has 1 aliphatic carbocycles. The molecule has 3 heterocycles. The summed E-state index contributed by atoms with van der Waals surface area (Å²) >= 11 is 0. The summed E-state index contributed by atoms with van der Waals surface area (Å²) in [6.07, 6.45) is 5.93. The van der Waals surface area contributed by atoms with Gasteiger partial charge in [0.15, 0.2) is 5.82 Å². The normalized spacial score (nSPS) is 15.1. The molecule has 0 unspecified atom stereocenters. The number of benzene rings is 1. The van der Waals surface area contributed by atoms with Crippen molar-refractivity contribution in [2.45, 2.75) is 38.6 Å². The number of nitrogens with two attached hydrogens (primary N) is 1. The third kappa shape index (κ3) is 2.51. The summed E-state index contributed by atoms with van der Waals surface area (Å²) in [6.45, 7) is 1.89. The van der Waals surface area contributed by atoms with Gasteiger partial charge in [0.05, 0.1) is 11.6 Å². The molecule has 0 saturated heterocycles. The number of fused-ring (bicyclic) bond motifs is 2. The van der Waals surface area contributed by atoms with Crippen molar-refractivity contribution in [3.8, 4) is 11.4 Å². The summed E-state index contributed by atoms with van der Waals surface area (Å²) in [5, 5.41) is 1.75. The average Bonchev–Trinajstić information content (AvgIpc) is 3.32. The Kier molecular flexibility index (Phi) is 3.53. The smallest absolute Gasteiger partial charge is 0.252 e. The fourth-order valence-corrected chi connectivity index (χ4v) is 4.20. The van der Waals surface area contributed by atoms with Crippen LogP contribution in [0.25, 0.3) is 33.4 Å². The van der Waals surface area contributed by atoms with Gasteiger partial charge in [-0.15, -0.1) is 0 Å². The molecular formula is C21H20N4O2. The molecule has 136 valence electrons. The van der Waals surface area contributed by atoms with Crippen LogP contribution >= 0.6 is 0 Å². The highest BCUT2D eigenvalue weighted by molar-refractivity contribution is 5.91. The van der Waals surface area contributed by atoms with E-state index in [0.29, 0.717) is 17.3 Å². The molecule has 1 fully saturated rings. The lowest BCUT2D eigenvalue weighted by atomic mass is 10.1. The Morgan fingerprint density at radius 1 is 1.15 bits per heavy atom. The number of hydrogen-bond acceptors (Lipinski definition) is 5. The predicted molar refractivity (Wildman–Crippen MR) is 106 cm³/mol. The third-order valence-corrected chi connectivity index (χ3v) is 5.52. The quantitative estimate of drug-likeness (QED) is 0.578. The van der Waals surface area contributed by atoms with Crippen LogP contribution in [0.1, 0.15) is 37.3 Å². The minimum absolute atomic E-state index is 0.0127. The first-order valence-corrected chi connectivity index (χ1v) is 9.29. The summed E-state index contributed by atoms with van der Waals surface area (Å²) in [7, 11) is 0. The number of aryl methyl sites for hydroxylation is 1. The van der Waals surface area contributed by atoms with Gasteiger partial charge in [-0.2, -0.15) is 0 Å². The molecule has 0 bridgehead atoms. The zero-order valence-electron chi connectivity index (χ0n) is 15.1. The van der Waals surface area contributed by atoms with Gasteiger partial charge in [0.25, 0.3) is 5.56 Å². The summed E-state index contributed by atoms with van der Waals surface area (Å²) < 4.78 is 7.24. The van der Waals surface area contributed by atoms with Crippen molar-refractivity contribution in [2.75, 3.05) is 5.73 Å². The van der Waals surface area contributed by atoms with E-state index < -0.39 is 0 Å². The van der Waals surface area contributed by atoms with Gasteiger partial charge in [-0.1, -0.05) is 12.8 Å². The van der Waals surface area contributed by atoms with Crippen LogP contribution in [0.3, 0.4) is 0 Å². The fourth-order valence-electron chi connectivity index (χ4n) is 4.20. The maximum absolute atomic E-state index is 12.8. The van der Waals surface area contributed by atoms with Gasteiger partial charge in [0, 0.05) is 23.1 Å². The Labute approximate surface area is 155 Å². The molecule has 1 saturated carbocycles. The highest BCUT2D eigenvalue weighted by Gasteiger charge is 2.23. The molecule has 27 heavy (non-hydrogen) atoms. The maximum Gasteiger partial charge on any atom is 0.252 e. The first-order valence-electron chi connectivity index (χ1n) is 9.29. The first kappa shape index (κ1) is 16.1. The largest absolute Gasteiger partial charge is 0.464 e. The van der Waals surface area contributed by atoms with Crippen molar-refractivity contribution in [2.24, 2.45) is 0 Å². The number of anilines is 1. The van der Waals surface area contributed by atoms with E-state index in [4.69, 9.17) is 15.1 Å². The van der Waals surface area contributed by atoms with Crippen molar-refractivity contribution < 1.29 is 4.42 Å². The molecule has 0 atom stereocenters. The van der Waals surface area contributed by atoms with Crippen molar-refractivity contribution >= 4 is 27.8 Å². The van der Waals surface area contributed by atoms with Gasteiger partial charge in [0.2, 0.25) is 0 Å². The Hall–Kier alpha value is -3.15. The van der Waals surface area contributed by atoms with Crippen molar-refractivity contribution in [1.29, 1.82) is 0 Å². The zero-order chi connectivity index (χ0) is 18.5. The first-order chi connectivity index (χ1) is 13.1. The summed E-state index contributed by atoms with van der Waals surface area (Å²) in [5.74, 6) is 0.936. The van der Waals surface area contributed by atoms with Crippen LogP contribution in [0.15, 0.2) is 45.8 Å². The highest BCUT2D eigenvalue weighted by atomic mass is 16.3. The van der Waals surface area contributed by atoms with Gasteiger partial charge in [-0.05, 0) is 49.6 Å².